The zero-order valence-electron chi connectivity index (χ0n) is 9.13. The Morgan fingerprint density at radius 2 is 2.38 bits per heavy atom. The fourth-order valence-corrected chi connectivity index (χ4v) is 1.46. The molecule has 86 valence electrons. The lowest BCUT2D eigenvalue weighted by molar-refractivity contribution is 0.0107. The number of aromatic nitrogens is 1. The van der Waals surface area contributed by atoms with E-state index in [1.54, 1.807) is 24.1 Å². The number of amides is 1. The van der Waals surface area contributed by atoms with Gasteiger partial charge in [0.25, 0.3) is 0 Å². The molecule has 0 atom stereocenters. The van der Waals surface area contributed by atoms with Gasteiger partial charge in [0.2, 0.25) is 5.88 Å². The van der Waals surface area contributed by atoms with Crippen LogP contribution in [0.5, 0.6) is 5.88 Å². The Morgan fingerprint density at radius 1 is 1.56 bits per heavy atom. The average molecular weight is 222 g/mol. The minimum absolute atomic E-state index is 0.0271. The first-order valence-electron chi connectivity index (χ1n) is 5.29. The second-order valence-electron chi connectivity index (χ2n) is 3.51. The molecule has 0 saturated carbocycles. The zero-order chi connectivity index (χ0) is 11.4. The van der Waals surface area contributed by atoms with Crippen molar-refractivity contribution in [3.8, 4) is 5.88 Å². The molecule has 0 radical (unpaired) electrons. The molecule has 2 rings (SSSR count). The predicted octanol–water partition coefficient (Wildman–Crippen LogP) is 1.30. The second-order valence-corrected chi connectivity index (χ2v) is 3.51. The van der Waals surface area contributed by atoms with E-state index in [4.69, 9.17) is 9.47 Å². The number of rotatable bonds is 3. The van der Waals surface area contributed by atoms with E-state index in [1.807, 2.05) is 12.1 Å². The van der Waals surface area contributed by atoms with Gasteiger partial charge in [-0.2, -0.15) is 0 Å². The molecule has 5 heteroatoms. The summed E-state index contributed by atoms with van der Waals surface area (Å²) in [5, 5.41) is 0. The summed E-state index contributed by atoms with van der Waals surface area (Å²) >= 11 is 0. The largest absolute Gasteiger partial charge is 0.471 e. The highest BCUT2D eigenvalue weighted by molar-refractivity contribution is 5.68. The number of ether oxygens (including phenoxy) is 2. The van der Waals surface area contributed by atoms with E-state index in [9.17, 15) is 4.79 Å². The molecule has 1 aromatic rings. The Balaban J connectivity index is 1.75. The van der Waals surface area contributed by atoms with E-state index in [1.165, 1.54) is 0 Å². The summed E-state index contributed by atoms with van der Waals surface area (Å²) in [5.74, 6) is 0.594. The molecule has 16 heavy (non-hydrogen) atoms. The standard InChI is InChI=1S/C11H14N2O3/c1-2-15-11(14)13-7-9(8-13)16-10-5-3-4-6-12-10/h3-6,9H,2,7-8H2,1H3. The van der Waals surface area contributed by atoms with E-state index in [0.717, 1.165) is 0 Å². The summed E-state index contributed by atoms with van der Waals surface area (Å²) in [7, 11) is 0. The Bertz CT molecular complexity index is 350. The number of carbonyl (C=O) groups excluding carboxylic acids is 1. The number of nitrogens with zero attached hydrogens (tertiary/aromatic N) is 2. The topological polar surface area (TPSA) is 51.7 Å². The van der Waals surface area contributed by atoms with Gasteiger partial charge in [0.15, 0.2) is 0 Å². The van der Waals surface area contributed by atoms with Crippen molar-refractivity contribution in [3.63, 3.8) is 0 Å². The second kappa shape index (κ2) is 4.83. The fraction of sp³-hybridized carbons (Fsp3) is 0.455. The Hall–Kier alpha value is -1.78. The van der Waals surface area contributed by atoms with Gasteiger partial charge >= 0.3 is 6.09 Å². The first-order valence-corrected chi connectivity index (χ1v) is 5.29. The summed E-state index contributed by atoms with van der Waals surface area (Å²) in [6.45, 7) is 3.32. The highest BCUT2D eigenvalue weighted by Gasteiger charge is 2.33. The zero-order valence-corrected chi connectivity index (χ0v) is 9.13. The molecule has 1 fully saturated rings. The smallest absolute Gasteiger partial charge is 0.410 e. The van der Waals surface area contributed by atoms with Crippen molar-refractivity contribution in [2.24, 2.45) is 0 Å². The van der Waals surface area contributed by atoms with Gasteiger partial charge in [0.05, 0.1) is 19.7 Å². The van der Waals surface area contributed by atoms with Crippen LogP contribution in [0.2, 0.25) is 0 Å². The van der Waals surface area contributed by atoms with E-state index >= 15 is 0 Å². The number of pyridine rings is 1. The summed E-state index contributed by atoms with van der Waals surface area (Å²) in [4.78, 5) is 16.9. The van der Waals surface area contributed by atoms with Gasteiger partial charge in [-0.15, -0.1) is 0 Å². The first-order chi connectivity index (χ1) is 7.79. The van der Waals surface area contributed by atoms with E-state index in [2.05, 4.69) is 4.98 Å². The third-order valence-electron chi connectivity index (χ3n) is 2.30. The van der Waals surface area contributed by atoms with Crippen LogP contribution in [0.15, 0.2) is 24.4 Å². The van der Waals surface area contributed by atoms with Crippen molar-refractivity contribution in [1.29, 1.82) is 0 Å². The van der Waals surface area contributed by atoms with Gasteiger partial charge in [0, 0.05) is 12.3 Å². The highest BCUT2D eigenvalue weighted by Crippen LogP contribution is 2.16. The molecule has 2 heterocycles. The van der Waals surface area contributed by atoms with Gasteiger partial charge in [-0.05, 0) is 13.0 Å². The lowest BCUT2D eigenvalue weighted by atomic mass is 10.2. The molecule has 0 unspecified atom stereocenters. The van der Waals surface area contributed by atoms with E-state index < -0.39 is 0 Å². The molecule has 1 aliphatic rings. The van der Waals surface area contributed by atoms with Crippen LogP contribution in [0.25, 0.3) is 0 Å². The summed E-state index contributed by atoms with van der Waals surface area (Å²) in [5.41, 5.74) is 0. The van der Waals surface area contributed by atoms with Gasteiger partial charge in [-0.1, -0.05) is 6.07 Å². The van der Waals surface area contributed by atoms with Crippen LogP contribution in [-0.4, -0.2) is 41.8 Å². The van der Waals surface area contributed by atoms with Crippen molar-refractivity contribution in [2.75, 3.05) is 19.7 Å². The molecule has 0 N–H and O–H groups in total. The van der Waals surface area contributed by atoms with Crippen LogP contribution < -0.4 is 4.74 Å². The summed E-state index contributed by atoms with van der Waals surface area (Å²) in [6, 6.07) is 5.50. The summed E-state index contributed by atoms with van der Waals surface area (Å²) in [6.07, 6.45) is 1.43. The molecule has 0 aliphatic carbocycles. The number of hydrogen-bond donors (Lipinski definition) is 0. The molecule has 1 aromatic heterocycles. The molecule has 5 nitrogen and oxygen atoms in total. The number of carbonyl (C=O) groups is 1. The molecule has 0 bridgehead atoms. The SMILES string of the molecule is CCOC(=O)N1CC(Oc2ccccn2)C1. The molecule has 1 saturated heterocycles. The van der Waals surface area contributed by atoms with Crippen molar-refractivity contribution in [2.45, 2.75) is 13.0 Å². The quantitative estimate of drug-likeness (QED) is 0.773. The third-order valence-corrected chi connectivity index (χ3v) is 2.30. The van der Waals surface area contributed by atoms with E-state index in [-0.39, 0.29) is 12.2 Å². The lowest BCUT2D eigenvalue weighted by Crippen LogP contribution is -2.56. The monoisotopic (exact) mass is 222 g/mol. The van der Waals surface area contributed by atoms with Crippen LogP contribution in [-0.2, 0) is 4.74 Å². The minimum Gasteiger partial charge on any atom is -0.471 e. The van der Waals surface area contributed by atoms with Crippen molar-refractivity contribution < 1.29 is 14.3 Å². The van der Waals surface area contributed by atoms with Gasteiger partial charge < -0.3 is 14.4 Å². The summed E-state index contributed by atoms with van der Waals surface area (Å²) < 4.78 is 10.4. The molecule has 0 aromatic carbocycles. The van der Waals surface area contributed by atoms with Crippen molar-refractivity contribution in [3.05, 3.63) is 24.4 Å². The highest BCUT2D eigenvalue weighted by atomic mass is 16.6. The maximum atomic E-state index is 11.3. The molecular formula is C11H14N2O3. The van der Waals surface area contributed by atoms with Crippen molar-refractivity contribution >= 4 is 6.09 Å². The third kappa shape index (κ3) is 2.42. The Labute approximate surface area is 94.0 Å². The van der Waals surface area contributed by atoms with Crippen LogP contribution in [0.1, 0.15) is 6.92 Å². The van der Waals surface area contributed by atoms with E-state index in [0.29, 0.717) is 25.6 Å². The fourth-order valence-electron chi connectivity index (χ4n) is 1.46. The van der Waals surface area contributed by atoms with Gasteiger partial charge in [-0.25, -0.2) is 9.78 Å². The molecular weight excluding hydrogens is 208 g/mol. The Kier molecular flexibility index (Phi) is 3.24. The molecule has 1 amide bonds. The average Bonchev–Trinajstić information content (AvgIpc) is 2.24. The lowest BCUT2D eigenvalue weighted by Gasteiger charge is -2.37. The maximum absolute atomic E-state index is 11.3. The molecule has 0 spiro atoms. The normalized spacial score (nSPS) is 15.4. The Morgan fingerprint density at radius 3 is 3.00 bits per heavy atom. The van der Waals surface area contributed by atoms with Crippen LogP contribution >= 0.6 is 0 Å². The number of hydrogen-bond acceptors (Lipinski definition) is 4. The predicted molar refractivity (Wildman–Crippen MR) is 57.2 cm³/mol. The molecule has 1 aliphatic heterocycles. The van der Waals surface area contributed by atoms with Crippen LogP contribution in [0, 0.1) is 0 Å². The van der Waals surface area contributed by atoms with Gasteiger partial charge in [0.1, 0.15) is 6.10 Å². The maximum Gasteiger partial charge on any atom is 0.410 e. The van der Waals surface area contributed by atoms with Gasteiger partial charge in [-0.3, -0.25) is 0 Å². The van der Waals surface area contributed by atoms with Crippen LogP contribution in [0.4, 0.5) is 4.79 Å². The minimum atomic E-state index is -0.275. The first kappa shape index (κ1) is 10.7. The van der Waals surface area contributed by atoms with Crippen molar-refractivity contribution in [1.82, 2.24) is 9.88 Å². The number of likely N-dealkylation sites (tertiary alicyclic amines) is 1. The van der Waals surface area contributed by atoms with Crippen LogP contribution in [0.3, 0.4) is 0 Å².